The molecule has 0 bridgehead atoms. The van der Waals surface area contributed by atoms with Crippen LogP contribution in [0.5, 0.6) is 0 Å². The van der Waals surface area contributed by atoms with Crippen molar-refractivity contribution in [3.05, 3.63) is 36.2 Å². The molecule has 28 heavy (non-hydrogen) atoms. The van der Waals surface area contributed by atoms with Gasteiger partial charge in [-0.3, -0.25) is 9.59 Å². The van der Waals surface area contributed by atoms with Crippen LogP contribution in [0.2, 0.25) is 0 Å². The fraction of sp³-hybridized carbons (Fsp3) is 0.500. The van der Waals surface area contributed by atoms with Crippen LogP contribution in [0.3, 0.4) is 0 Å². The number of benzene rings is 1. The van der Waals surface area contributed by atoms with Crippen LogP contribution in [-0.2, 0) is 20.7 Å². The number of thioether (sulfide) groups is 1. The van der Waals surface area contributed by atoms with Crippen LogP contribution in [0.1, 0.15) is 50.9 Å². The predicted molar refractivity (Wildman–Crippen MR) is 108 cm³/mol. The Labute approximate surface area is 169 Å². The number of anilines is 1. The van der Waals surface area contributed by atoms with E-state index in [1.165, 1.54) is 18.2 Å². The third-order valence-corrected chi connectivity index (χ3v) is 5.62. The lowest BCUT2D eigenvalue weighted by atomic mass is 9.95. The molecule has 1 amide bonds. The van der Waals surface area contributed by atoms with Crippen LogP contribution in [0, 0.1) is 0 Å². The molecule has 0 radical (unpaired) electrons. The van der Waals surface area contributed by atoms with Gasteiger partial charge in [0, 0.05) is 11.7 Å². The third-order valence-electron chi connectivity index (χ3n) is 4.67. The summed E-state index contributed by atoms with van der Waals surface area (Å²) in [6.07, 6.45) is 5.72. The number of hydrogen-bond donors (Lipinski definition) is 1. The number of ether oxygens (including phenoxy) is 1. The molecule has 0 aliphatic heterocycles. The highest BCUT2D eigenvalue weighted by Gasteiger charge is 2.25. The van der Waals surface area contributed by atoms with Crippen molar-refractivity contribution in [2.45, 2.75) is 56.6 Å². The molecule has 2 aromatic rings. The molecule has 0 unspecified atom stereocenters. The van der Waals surface area contributed by atoms with E-state index in [0.29, 0.717) is 17.6 Å². The van der Waals surface area contributed by atoms with Crippen LogP contribution >= 0.6 is 11.8 Å². The van der Waals surface area contributed by atoms with Gasteiger partial charge < -0.3 is 14.6 Å². The number of esters is 1. The lowest BCUT2D eigenvalue weighted by Gasteiger charge is -2.25. The molecule has 1 aliphatic carbocycles. The van der Waals surface area contributed by atoms with Gasteiger partial charge in [-0.05, 0) is 31.9 Å². The second-order valence-corrected chi connectivity index (χ2v) is 7.69. The summed E-state index contributed by atoms with van der Waals surface area (Å²) >= 11 is 1.35. The van der Waals surface area contributed by atoms with Gasteiger partial charge in [0.1, 0.15) is 12.2 Å². The van der Waals surface area contributed by atoms with Crippen molar-refractivity contribution < 1.29 is 14.3 Å². The monoisotopic (exact) mass is 402 g/mol. The molecule has 7 nitrogen and oxygen atoms in total. The first kappa shape index (κ1) is 20.4. The summed E-state index contributed by atoms with van der Waals surface area (Å²) in [4.78, 5) is 24.2. The van der Waals surface area contributed by atoms with Crippen LogP contribution < -0.4 is 5.32 Å². The Morgan fingerprint density at radius 1 is 1.18 bits per heavy atom. The average Bonchev–Trinajstić information content (AvgIpc) is 3.10. The standard InChI is InChI=1S/C20H26N4O3S/c1-2-27-19(26)13-17-22-23-20(24(17)16-11-7-4-8-12-16)28-14-18(25)21-15-9-5-3-6-10-15/h3,5-6,9-10,16H,2,4,7-8,11-14H2,1H3,(H,21,25). The Balaban J connectivity index is 1.69. The van der Waals surface area contributed by atoms with E-state index in [1.807, 2.05) is 30.3 Å². The van der Waals surface area contributed by atoms with Crippen LogP contribution in [0.25, 0.3) is 0 Å². The van der Waals surface area contributed by atoms with Gasteiger partial charge in [-0.2, -0.15) is 0 Å². The van der Waals surface area contributed by atoms with Gasteiger partial charge in [0.05, 0.1) is 12.4 Å². The molecule has 0 spiro atoms. The highest BCUT2D eigenvalue weighted by molar-refractivity contribution is 7.99. The number of rotatable bonds is 8. The summed E-state index contributed by atoms with van der Waals surface area (Å²) < 4.78 is 7.12. The average molecular weight is 403 g/mol. The van der Waals surface area contributed by atoms with E-state index in [-0.39, 0.29) is 30.1 Å². The molecule has 1 aromatic carbocycles. The Kier molecular flexibility index (Phi) is 7.47. The van der Waals surface area contributed by atoms with Gasteiger partial charge in [-0.25, -0.2) is 0 Å². The van der Waals surface area contributed by atoms with E-state index in [4.69, 9.17) is 4.74 Å². The minimum atomic E-state index is -0.301. The van der Waals surface area contributed by atoms with Crippen molar-refractivity contribution in [2.24, 2.45) is 0 Å². The summed E-state index contributed by atoms with van der Waals surface area (Å²) in [6.45, 7) is 2.13. The summed E-state index contributed by atoms with van der Waals surface area (Å²) in [5, 5.41) is 12.1. The minimum Gasteiger partial charge on any atom is -0.466 e. The molecular weight excluding hydrogens is 376 g/mol. The predicted octanol–water partition coefficient (Wildman–Crippen LogP) is 3.62. The molecule has 3 rings (SSSR count). The smallest absolute Gasteiger partial charge is 0.313 e. The maximum atomic E-state index is 12.3. The molecule has 1 fully saturated rings. The fourth-order valence-electron chi connectivity index (χ4n) is 3.42. The fourth-order valence-corrected chi connectivity index (χ4v) is 4.25. The first-order valence-electron chi connectivity index (χ1n) is 9.74. The molecule has 8 heteroatoms. The Hall–Kier alpha value is -2.35. The van der Waals surface area contributed by atoms with Crippen LogP contribution in [-0.4, -0.2) is 39.0 Å². The summed E-state index contributed by atoms with van der Waals surface area (Å²) in [7, 11) is 0. The molecule has 150 valence electrons. The zero-order valence-electron chi connectivity index (χ0n) is 16.1. The minimum absolute atomic E-state index is 0.0960. The number of para-hydroxylation sites is 1. The molecule has 1 saturated carbocycles. The van der Waals surface area contributed by atoms with Crippen molar-refractivity contribution in [1.29, 1.82) is 0 Å². The lowest BCUT2D eigenvalue weighted by Crippen LogP contribution is -2.20. The zero-order valence-corrected chi connectivity index (χ0v) is 16.9. The number of aromatic nitrogens is 3. The molecule has 1 heterocycles. The molecular formula is C20H26N4O3S. The SMILES string of the molecule is CCOC(=O)Cc1nnc(SCC(=O)Nc2ccccc2)n1C1CCCCC1. The number of carbonyl (C=O) groups excluding carboxylic acids is 2. The van der Waals surface area contributed by atoms with Gasteiger partial charge in [-0.15, -0.1) is 10.2 Å². The van der Waals surface area contributed by atoms with Crippen molar-refractivity contribution in [3.63, 3.8) is 0 Å². The van der Waals surface area contributed by atoms with E-state index in [2.05, 4.69) is 20.1 Å². The maximum absolute atomic E-state index is 12.3. The van der Waals surface area contributed by atoms with E-state index < -0.39 is 0 Å². The highest BCUT2D eigenvalue weighted by atomic mass is 32.2. The van der Waals surface area contributed by atoms with Crippen LogP contribution in [0.4, 0.5) is 5.69 Å². The van der Waals surface area contributed by atoms with Crippen molar-refractivity contribution in [2.75, 3.05) is 17.7 Å². The normalized spacial score (nSPS) is 14.6. The van der Waals surface area contributed by atoms with Gasteiger partial charge in [-0.1, -0.05) is 49.2 Å². The number of nitrogens with zero attached hydrogens (tertiary/aromatic N) is 3. The highest BCUT2D eigenvalue weighted by Crippen LogP contribution is 2.32. The first-order valence-corrected chi connectivity index (χ1v) is 10.7. The van der Waals surface area contributed by atoms with E-state index in [0.717, 1.165) is 31.4 Å². The molecule has 0 atom stereocenters. The van der Waals surface area contributed by atoms with Gasteiger partial charge in [0.15, 0.2) is 5.16 Å². The Morgan fingerprint density at radius 2 is 1.93 bits per heavy atom. The largest absolute Gasteiger partial charge is 0.466 e. The van der Waals surface area contributed by atoms with Gasteiger partial charge in [0.25, 0.3) is 0 Å². The molecule has 0 saturated heterocycles. The topological polar surface area (TPSA) is 86.1 Å². The Morgan fingerprint density at radius 3 is 2.64 bits per heavy atom. The number of hydrogen-bond acceptors (Lipinski definition) is 6. The number of amides is 1. The van der Waals surface area contributed by atoms with Gasteiger partial charge >= 0.3 is 5.97 Å². The van der Waals surface area contributed by atoms with E-state index >= 15 is 0 Å². The summed E-state index contributed by atoms with van der Waals surface area (Å²) in [6, 6.07) is 9.64. The maximum Gasteiger partial charge on any atom is 0.313 e. The number of nitrogens with one attached hydrogen (secondary N) is 1. The van der Waals surface area contributed by atoms with Crippen molar-refractivity contribution >= 4 is 29.3 Å². The molecule has 1 N–H and O–H groups in total. The van der Waals surface area contributed by atoms with Crippen molar-refractivity contribution in [3.8, 4) is 0 Å². The van der Waals surface area contributed by atoms with E-state index in [1.54, 1.807) is 6.92 Å². The van der Waals surface area contributed by atoms with E-state index in [9.17, 15) is 9.59 Å². The zero-order chi connectivity index (χ0) is 19.8. The second-order valence-electron chi connectivity index (χ2n) is 6.75. The second kappa shape index (κ2) is 10.3. The van der Waals surface area contributed by atoms with Crippen molar-refractivity contribution in [1.82, 2.24) is 14.8 Å². The van der Waals surface area contributed by atoms with Crippen LogP contribution in [0.15, 0.2) is 35.5 Å². The summed E-state index contributed by atoms with van der Waals surface area (Å²) in [5.74, 6) is 0.460. The third kappa shape index (κ3) is 5.58. The first-order chi connectivity index (χ1) is 13.7. The quantitative estimate of drug-likeness (QED) is 0.536. The van der Waals surface area contributed by atoms with Gasteiger partial charge in [0.2, 0.25) is 5.91 Å². The molecule has 1 aliphatic rings. The summed E-state index contributed by atoms with van der Waals surface area (Å²) in [5.41, 5.74) is 0.768. The Bertz CT molecular complexity index is 788. The molecule has 1 aromatic heterocycles. The lowest BCUT2D eigenvalue weighted by molar-refractivity contribution is -0.142. The number of carbonyl (C=O) groups is 2.